The third-order valence-corrected chi connectivity index (χ3v) is 4.30. The van der Waals surface area contributed by atoms with Crippen molar-refractivity contribution in [3.05, 3.63) is 35.0 Å². The van der Waals surface area contributed by atoms with Crippen molar-refractivity contribution in [2.75, 3.05) is 0 Å². The molecule has 3 rings (SSSR count). The largest absolute Gasteiger partial charge is 0.323 e. The standard InChI is InChI=1S/C16H16N4S/c1-10(2)8-20-14-5-4-12(7-17)6-13(14)19-16(20)15-11(3)18-9-21-15/h4-6,9-10H,8H2,1-3H3. The molecule has 106 valence electrons. The van der Waals surface area contributed by atoms with Gasteiger partial charge in [-0.3, -0.25) is 0 Å². The first kappa shape index (κ1) is 13.8. The molecule has 0 N–H and O–H groups in total. The molecule has 5 heteroatoms. The molecular weight excluding hydrogens is 280 g/mol. The lowest BCUT2D eigenvalue weighted by Gasteiger charge is -2.11. The number of rotatable bonds is 3. The molecule has 0 aliphatic rings. The molecule has 2 aromatic heterocycles. The van der Waals surface area contributed by atoms with Gasteiger partial charge in [-0.1, -0.05) is 13.8 Å². The molecular formula is C16H16N4S. The molecule has 0 unspecified atom stereocenters. The minimum absolute atomic E-state index is 0.519. The molecule has 0 aliphatic carbocycles. The van der Waals surface area contributed by atoms with Crippen molar-refractivity contribution in [2.45, 2.75) is 27.3 Å². The Morgan fingerprint density at radius 3 is 2.81 bits per heavy atom. The third kappa shape index (κ3) is 2.43. The molecule has 1 aromatic carbocycles. The molecule has 0 fully saturated rings. The maximum absolute atomic E-state index is 9.05. The van der Waals surface area contributed by atoms with Crippen LogP contribution in [-0.4, -0.2) is 14.5 Å². The van der Waals surface area contributed by atoms with Crippen molar-refractivity contribution in [3.8, 4) is 16.8 Å². The third-order valence-electron chi connectivity index (χ3n) is 3.37. The summed E-state index contributed by atoms with van der Waals surface area (Å²) in [6.07, 6.45) is 0. The summed E-state index contributed by atoms with van der Waals surface area (Å²) in [5, 5.41) is 9.05. The summed E-state index contributed by atoms with van der Waals surface area (Å²) in [6, 6.07) is 7.87. The van der Waals surface area contributed by atoms with Crippen LogP contribution in [0.25, 0.3) is 21.7 Å². The van der Waals surface area contributed by atoms with Crippen LogP contribution in [-0.2, 0) is 6.54 Å². The second kappa shape index (κ2) is 5.30. The number of benzene rings is 1. The van der Waals surface area contributed by atoms with Gasteiger partial charge >= 0.3 is 0 Å². The van der Waals surface area contributed by atoms with Gasteiger partial charge in [-0.25, -0.2) is 9.97 Å². The summed E-state index contributed by atoms with van der Waals surface area (Å²) in [5.41, 5.74) is 5.44. The highest BCUT2D eigenvalue weighted by atomic mass is 32.1. The number of hydrogen-bond acceptors (Lipinski definition) is 4. The molecule has 2 heterocycles. The first-order valence-electron chi connectivity index (χ1n) is 6.91. The van der Waals surface area contributed by atoms with E-state index >= 15 is 0 Å². The fourth-order valence-corrected chi connectivity index (χ4v) is 3.24. The lowest BCUT2D eigenvalue weighted by molar-refractivity contribution is 0.537. The van der Waals surface area contributed by atoms with Crippen LogP contribution in [0.4, 0.5) is 0 Å². The van der Waals surface area contributed by atoms with Gasteiger partial charge in [-0.05, 0) is 31.0 Å². The molecule has 0 amide bonds. The molecule has 21 heavy (non-hydrogen) atoms. The van der Waals surface area contributed by atoms with Gasteiger partial charge in [0.15, 0.2) is 5.82 Å². The van der Waals surface area contributed by atoms with Crippen LogP contribution in [0.5, 0.6) is 0 Å². The van der Waals surface area contributed by atoms with E-state index in [-0.39, 0.29) is 0 Å². The maximum Gasteiger partial charge on any atom is 0.153 e. The van der Waals surface area contributed by atoms with Crippen LogP contribution < -0.4 is 0 Å². The Kier molecular flexibility index (Phi) is 3.48. The summed E-state index contributed by atoms with van der Waals surface area (Å²) in [7, 11) is 0. The van der Waals surface area contributed by atoms with E-state index in [4.69, 9.17) is 10.2 Å². The van der Waals surface area contributed by atoms with E-state index in [0.717, 1.165) is 34.0 Å². The van der Waals surface area contributed by atoms with E-state index in [2.05, 4.69) is 29.5 Å². The summed E-state index contributed by atoms with van der Waals surface area (Å²) in [4.78, 5) is 10.2. The number of aromatic nitrogens is 3. The first-order chi connectivity index (χ1) is 10.1. The molecule has 0 aliphatic heterocycles. The average Bonchev–Trinajstić information content (AvgIpc) is 3.02. The summed E-state index contributed by atoms with van der Waals surface area (Å²) in [5.74, 6) is 1.47. The van der Waals surface area contributed by atoms with E-state index < -0.39 is 0 Å². The molecule has 0 atom stereocenters. The number of imidazole rings is 1. The smallest absolute Gasteiger partial charge is 0.153 e. The van der Waals surface area contributed by atoms with Gasteiger partial charge in [0, 0.05) is 6.54 Å². The summed E-state index contributed by atoms with van der Waals surface area (Å²) in [6.45, 7) is 7.29. The fraction of sp³-hybridized carbons (Fsp3) is 0.312. The van der Waals surface area contributed by atoms with Gasteiger partial charge in [0.1, 0.15) is 0 Å². The van der Waals surface area contributed by atoms with Crippen molar-refractivity contribution in [1.82, 2.24) is 14.5 Å². The van der Waals surface area contributed by atoms with Crippen LogP contribution in [0.1, 0.15) is 25.1 Å². The number of nitriles is 1. The minimum atomic E-state index is 0.519. The second-order valence-corrected chi connectivity index (χ2v) is 6.38. The predicted octanol–water partition coefficient (Wildman–Crippen LogP) is 4.00. The highest BCUT2D eigenvalue weighted by Crippen LogP contribution is 2.31. The summed E-state index contributed by atoms with van der Waals surface area (Å²) < 4.78 is 2.24. The Bertz CT molecular complexity index is 836. The van der Waals surface area contributed by atoms with E-state index in [1.165, 1.54) is 0 Å². The SMILES string of the molecule is Cc1ncsc1-c1nc2cc(C#N)ccc2n1CC(C)C. The van der Waals surface area contributed by atoms with Crippen LogP contribution in [0.2, 0.25) is 0 Å². The van der Waals surface area contributed by atoms with E-state index in [0.29, 0.717) is 11.5 Å². The number of nitrogens with zero attached hydrogens (tertiary/aromatic N) is 4. The van der Waals surface area contributed by atoms with Gasteiger partial charge in [0.05, 0.1) is 38.7 Å². The quantitative estimate of drug-likeness (QED) is 0.734. The molecule has 0 spiro atoms. The zero-order valence-corrected chi connectivity index (χ0v) is 13.1. The molecule has 3 aromatic rings. The minimum Gasteiger partial charge on any atom is -0.323 e. The lowest BCUT2D eigenvalue weighted by Crippen LogP contribution is -2.06. The molecule has 0 saturated carbocycles. The maximum atomic E-state index is 9.05. The van der Waals surface area contributed by atoms with Crippen LogP contribution in [0, 0.1) is 24.2 Å². The van der Waals surface area contributed by atoms with E-state index in [1.807, 2.05) is 30.6 Å². The molecule has 0 saturated heterocycles. The Hall–Kier alpha value is -2.19. The van der Waals surface area contributed by atoms with Gasteiger partial charge in [-0.15, -0.1) is 11.3 Å². The number of fused-ring (bicyclic) bond motifs is 1. The van der Waals surface area contributed by atoms with Crippen LogP contribution >= 0.6 is 11.3 Å². The van der Waals surface area contributed by atoms with Crippen molar-refractivity contribution in [3.63, 3.8) is 0 Å². The van der Waals surface area contributed by atoms with Gasteiger partial charge in [0.25, 0.3) is 0 Å². The Morgan fingerprint density at radius 2 is 2.19 bits per heavy atom. The van der Waals surface area contributed by atoms with Crippen LogP contribution in [0.3, 0.4) is 0 Å². The predicted molar refractivity (Wildman–Crippen MR) is 85.1 cm³/mol. The second-order valence-electron chi connectivity index (χ2n) is 5.52. The topological polar surface area (TPSA) is 54.5 Å². The first-order valence-corrected chi connectivity index (χ1v) is 7.79. The monoisotopic (exact) mass is 296 g/mol. The number of hydrogen-bond donors (Lipinski definition) is 0. The van der Waals surface area contributed by atoms with Crippen LogP contribution in [0.15, 0.2) is 23.7 Å². The number of thiazole rings is 1. The van der Waals surface area contributed by atoms with Crippen molar-refractivity contribution in [2.24, 2.45) is 5.92 Å². The lowest BCUT2D eigenvalue weighted by atomic mass is 10.2. The Morgan fingerprint density at radius 1 is 1.38 bits per heavy atom. The highest BCUT2D eigenvalue weighted by molar-refractivity contribution is 7.13. The van der Waals surface area contributed by atoms with Gasteiger partial charge in [0.2, 0.25) is 0 Å². The molecule has 4 nitrogen and oxygen atoms in total. The molecule has 0 radical (unpaired) electrons. The fourth-order valence-electron chi connectivity index (χ4n) is 2.44. The Labute approximate surface area is 127 Å². The normalized spacial score (nSPS) is 11.2. The van der Waals surface area contributed by atoms with Crippen molar-refractivity contribution in [1.29, 1.82) is 5.26 Å². The Balaban J connectivity index is 2.27. The van der Waals surface area contributed by atoms with Crippen molar-refractivity contribution >= 4 is 22.4 Å². The zero-order valence-electron chi connectivity index (χ0n) is 12.3. The van der Waals surface area contributed by atoms with Gasteiger partial charge in [-0.2, -0.15) is 5.26 Å². The number of aryl methyl sites for hydroxylation is 1. The average molecular weight is 296 g/mol. The van der Waals surface area contributed by atoms with E-state index in [9.17, 15) is 0 Å². The molecule has 0 bridgehead atoms. The van der Waals surface area contributed by atoms with E-state index in [1.54, 1.807) is 11.3 Å². The zero-order chi connectivity index (χ0) is 15.0. The summed E-state index contributed by atoms with van der Waals surface area (Å²) >= 11 is 1.61. The van der Waals surface area contributed by atoms with Gasteiger partial charge < -0.3 is 4.57 Å². The highest BCUT2D eigenvalue weighted by Gasteiger charge is 2.17. The van der Waals surface area contributed by atoms with Crippen molar-refractivity contribution < 1.29 is 0 Å².